The zero-order chi connectivity index (χ0) is 14.4. The molecule has 0 aliphatic heterocycles. The fraction of sp³-hybridized carbons (Fsp3) is 0.400. The highest BCUT2D eigenvalue weighted by molar-refractivity contribution is 5.74. The van der Waals surface area contributed by atoms with E-state index in [1.807, 2.05) is 20.2 Å². The Morgan fingerprint density at radius 3 is 2.65 bits per heavy atom. The molecule has 0 bridgehead atoms. The Balaban J connectivity index is 2.05. The number of ether oxygens (including phenoxy) is 1. The van der Waals surface area contributed by atoms with Gasteiger partial charge in [0.05, 0.1) is 19.4 Å². The first-order valence-corrected chi connectivity index (χ1v) is 6.77. The van der Waals surface area contributed by atoms with Crippen LogP contribution in [0.3, 0.4) is 0 Å². The second kappa shape index (κ2) is 7.07. The molecule has 0 atom stereocenters. The van der Waals surface area contributed by atoms with E-state index in [-0.39, 0.29) is 0 Å². The summed E-state index contributed by atoms with van der Waals surface area (Å²) in [5, 5.41) is 4.27. The van der Waals surface area contributed by atoms with E-state index in [1.165, 1.54) is 5.56 Å². The van der Waals surface area contributed by atoms with Crippen molar-refractivity contribution in [2.24, 2.45) is 7.05 Å². The number of anilines is 1. The van der Waals surface area contributed by atoms with Gasteiger partial charge in [0.2, 0.25) is 0 Å². The lowest BCUT2D eigenvalue weighted by molar-refractivity contribution is 0.0757. The molecular weight excluding hydrogens is 254 g/mol. The monoisotopic (exact) mass is 275 g/mol. The molecule has 1 heterocycles. The van der Waals surface area contributed by atoms with Crippen LogP contribution in [-0.2, 0) is 16.6 Å². The first-order valence-electron chi connectivity index (χ1n) is 6.77. The Kier molecular flexibility index (Phi) is 5.15. The molecule has 0 aliphatic rings. The number of aromatic nitrogens is 2. The molecule has 0 saturated heterocycles. The van der Waals surface area contributed by atoms with Gasteiger partial charge in [0.1, 0.15) is 0 Å². The van der Waals surface area contributed by atoms with E-state index in [9.17, 15) is 0 Å². The Hall–Kier alpha value is -1.85. The molecule has 0 amide bonds. The van der Waals surface area contributed by atoms with Gasteiger partial charge in [0.25, 0.3) is 0 Å². The average molecular weight is 275 g/mol. The summed E-state index contributed by atoms with van der Waals surface area (Å²) in [4.78, 5) is 5.41. The van der Waals surface area contributed by atoms with Gasteiger partial charge in [0, 0.05) is 19.2 Å². The molecule has 0 saturated carbocycles. The van der Waals surface area contributed by atoms with Crippen LogP contribution in [0.4, 0.5) is 5.82 Å². The van der Waals surface area contributed by atoms with E-state index in [0.717, 1.165) is 16.9 Å². The van der Waals surface area contributed by atoms with E-state index >= 15 is 0 Å². The highest BCUT2D eigenvalue weighted by atomic mass is 16.7. The van der Waals surface area contributed by atoms with Crippen molar-refractivity contribution in [3.8, 4) is 11.1 Å². The Morgan fingerprint density at radius 1 is 1.20 bits per heavy atom. The highest BCUT2D eigenvalue weighted by Gasteiger charge is 2.10. The minimum atomic E-state index is 0.492. The zero-order valence-corrected chi connectivity index (χ0v) is 12.2. The summed E-state index contributed by atoms with van der Waals surface area (Å²) in [6.07, 6.45) is 1.83. The van der Waals surface area contributed by atoms with Crippen LogP contribution in [0.1, 0.15) is 12.5 Å². The van der Waals surface area contributed by atoms with Crippen molar-refractivity contribution in [1.29, 1.82) is 0 Å². The summed E-state index contributed by atoms with van der Waals surface area (Å²) in [5.41, 5.74) is 6.32. The minimum Gasteiger partial charge on any atom is -0.379 e. The van der Waals surface area contributed by atoms with E-state index in [0.29, 0.717) is 19.8 Å². The predicted molar refractivity (Wildman–Crippen MR) is 79.4 cm³/mol. The van der Waals surface area contributed by atoms with Crippen molar-refractivity contribution in [2.45, 2.75) is 13.8 Å². The quantitative estimate of drug-likeness (QED) is 0.623. The molecule has 0 fully saturated rings. The van der Waals surface area contributed by atoms with Gasteiger partial charge in [-0.3, -0.25) is 9.52 Å². The summed E-state index contributed by atoms with van der Waals surface area (Å²) in [6.45, 7) is 5.80. The van der Waals surface area contributed by atoms with Gasteiger partial charge < -0.3 is 4.74 Å². The van der Waals surface area contributed by atoms with Crippen LogP contribution >= 0.6 is 0 Å². The molecule has 1 aromatic carbocycles. The first-order chi connectivity index (χ1) is 9.72. The number of nitrogens with zero attached hydrogens (tertiary/aromatic N) is 2. The van der Waals surface area contributed by atoms with E-state index in [4.69, 9.17) is 9.57 Å². The lowest BCUT2D eigenvalue weighted by Gasteiger charge is -2.10. The van der Waals surface area contributed by atoms with Gasteiger partial charge in [-0.05, 0) is 19.4 Å². The van der Waals surface area contributed by atoms with Crippen LogP contribution in [0.2, 0.25) is 0 Å². The number of nitrogens with one attached hydrogen (secondary N) is 1. The maximum Gasteiger partial charge on any atom is 0.155 e. The summed E-state index contributed by atoms with van der Waals surface area (Å²) >= 11 is 0. The molecule has 20 heavy (non-hydrogen) atoms. The molecule has 5 heteroatoms. The van der Waals surface area contributed by atoms with Gasteiger partial charge >= 0.3 is 0 Å². The fourth-order valence-electron chi connectivity index (χ4n) is 1.87. The Morgan fingerprint density at radius 2 is 1.95 bits per heavy atom. The van der Waals surface area contributed by atoms with Crippen LogP contribution in [0.15, 0.2) is 30.5 Å². The molecule has 2 rings (SSSR count). The second-order valence-electron chi connectivity index (χ2n) is 4.54. The van der Waals surface area contributed by atoms with Crippen molar-refractivity contribution in [2.75, 3.05) is 25.3 Å². The molecule has 0 spiro atoms. The molecule has 5 nitrogen and oxygen atoms in total. The topological polar surface area (TPSA) is 48.3 Å². The lowest BCUT2D eigenvalue weighted by Crippen LogP contribution is -2.11. The minimum absolute atomic E-state index is 0.492. The molecule has 0 aliphatic carbocycles. The SMILES string of the molecule is CCOCCONc1c(-c2ccc(C)cc2)cnn1C. The molecule has 2 aromatic rings. The second-order valence-corrected chi connectivity index (χ2v) is 4.54. The number of hydrogen-bond acceptors (Lipinski definition) is 4. The zero-order valence-electron chi connectivity index (χ0n) is 12.2. The molecule has 108 valence electrons. The van der Waals surface area contributed by atoms with Crippen molar-refractivity contribution in [3.05, 3.63) is 36.0 Å². The van der Waals surface area contributed by atoms with Gasteiger partial charge in [-0.15, -0.1) is 0 Å². The van der Waals surface area contributed by atoms with Crippen LogP contribution in [-0.4, -0.2) is 29.6 Å². The van der Waals surface area contributed by atoms with E-state index < -0.39 is 0 Å². The normalized spacial score (nSPS) is 10.8. The first kappa shape index (κ1) is 14.6. The maximum absolute atomic E-state index is 5.41. The van der Waals surface area contributed by atoms with Crippen molar-refractivity contribution in [3.63, 3.8) is 0 Å². The summed E-state index contributed by atoms with van der Waals surface area (Å²) < 4.78 is 6.98. The number of aryl methyl sites for hydroxylation is 2. The molecule has 1 N–H and O–H groups in total. The predicted octanol–water partition coefficient (Wildman–Crippen LogP) is 2.78. The van der Waals surface area contributed by atoms with Crippen molar-refractivity contribution < 1.29 is 9.57 Å². The van der Waals surface area contributed by atoms with Gasteiger partial charge in [-0.2, -0.15) is 5.10 Å². The van der Waals surface area contributed by atoms with Crippen molar-refractivity contribution >= 4 is 5.82 Å². The summed E-state index contributed by atoms with van der Waals surface area (Å²) in [5.74, 6) is 0.838. The molecule has 0 unspecified atom stereocenters. The average Bonchev–Trinajstić information content (AvgIpc) is 2.81. The summed E-state index contributed by atoms with van der Waals surface area (Å²) in [6, 6.07) is 8.33. The number of rotatable bonds is 7. The summed E-state index contributed by atoms with van der Waals surface area (Å²) in [7, 11) is 1.88. The van der Waals surface area contributed by atoms with E-state index in [2.05, 4.69) is 41.8 Å². The van der Waals surface area contributed by atoms with Gasteiger partial charge in [-0.25, -0.2) is 5.48 Å². The molecular formula is C15H21N3O2. The van der Waals surface area contributed by atoms with Crippen LogP contribution in [0, 0.1) is 6.92 Å². The van der Waals surface area contributed by atoms with Crippen LogP contribution < -0.4 is 5.48 Å². The smallest absolute Gasteiger partial charge is 0.155 e. The number of benzene rings is 1. The Bertz CT molecular complexity index is 535. The van der Waals surface area contributed by atoms with Crippen LogP contribution in [0.25, 0.3) is 11.1 Å². The van der Waals surface area contributed by atoms with Crippen LogP contribution in [0.5, 0.6) is 0 Å². The van der Waals surface area contributed by atoms with Gasteiger partial charge in [0.15, 0.2) is 5.82 Å². The highest BCUT2D eigenvalue weighted by Crippen LogP contribution is 2.27. The Labute approximate surface area is 119 Å². The van der Waals surface area contributed by atoms with Crippen molar-refractivity contribution in [1.82, 2.24) is 9.78 Å². The third-order valence-electron chi connectivity index (χ3n) is 3.00. The number of hydrogen-bond donors (Lipinski definition) is 1. The molecule has 0 radical (unpaired) electrons. The fourth-order valence-corrected chi connectivity index (χ4v) is 1.87. The molecule has 1 aromatic heterocycles. The van der Waals surface area contributed by atoms with E-state index in [1.54, 1.807) is 4.68 Å². The standard InChI is InChI=1S/C15H21N3O2/c1-4-19-9-10-20-17-15-14(11-16-18(15)3)13-7-5-12(2)6-8-13/h5-8,11,17H,4,9-10H2,1-3H3. The maximum atomic E-state index is 5.41. The third kappa shape index (κ3) is 3.59. The van der Waals surface area contributed by atoms with Gasteiger partial charge in [-0.1, -0.05) is 29.8 Å². The third-order valence-corrected chi connectivity index (χ3v) is 3.00. The lowest BCUT2D eigenvalue weighted by atomic mass is 10.1. The largest absolute Gasteiger partial charge is 0.379 e.